The van der Waals surface area contributed by atoms with Crippen molar-refractivity contribution in [2.75, 3.05) is 10.6 Å². The zero-order valence-corrected chi connectivity index (χ0v) is 17.0. The minimum atomic E-state index is -1.79. The predicted octanol–water partition coefficient (Wildman–Crippen LogP) is 2.19. The van der Waals surface area contributed by atoms with Crippen molar-refractivity contribution in [3.8, 4) is 6.07 Å². The van der Waals surface area contributed by atoms with E-state index in [1.54, 1.807) is 33.8 Å². The molecule has 2 rings (SSSR count). The fraction of sp³-hybridized carbons (Fsp3) is 0.421. The molecule has 3 N–H and O–H groups in total. The highest BCUT2D eigenvalue weighted by molar-refractivity contribution is 5.96. The number of rotatable bonds is 5. The highest BCUT2D eigenvalue weighted by atomic mass is 16.6. The molecule has 2 aromatic rings. The van der Waals surface area contributed by atoms with Crippen LogP contribution in [-0.4, -0.2) is 43.1 Å². The maximum Gasteiger partial charge on any atom is 0.412 e. The Balaban J connectivity index is 2.01. The van der Waals surface area contributed by atoms with Gasteiger partial charge in [0.15, 0.2) is 5.60 Å². The third-order valence-electron chi connectivity index (χ3n) is 3.68. The molecule has 0 radical (unpaired) electrons. The van der Waals surface area contributed by atoms with Crippen molar-refractivity contribution in [3.63, 3.8) is 0 Å². The Hall–Kier alpha value is -3.45. The molecule has 0 saturated heterocycles. The van der Waals surface area contributed by atoms with E-state index in [2.05, 4.69) is 20.7 Å². The van der Waals surface area contributed by atoms with Gasteiger partial charge in [0.2, 0.25) is 0 Å². The van der Waals surface area contributed by atoms with Crippen LogP contribution >= 0.6 is 0 Å². The lowest BCUT2D eigenvalue weighted by Gasteiger charge is -2.22. The summed E-state index contributed by atoms with van der Waals surface area (Å²) >= 11 is 0. The quantitative estimate of drug-likeness (QED) is 0.698. The third kappa shape index (κ3) is 6.29. The first-order chi connectivity index (χ1) is 13.4. The maximum atomic E-state index is 12.5. The van der Waals surface area contributed by atoms with E-state index >= 15 is 0 Å². The molecule has 2 amide bonds. The number of nitrogens with zero attached hydrogens (tertiary/aromatic N) is 4. The van der Waals surface area contributed by atoms with E-state index < -0.39 is 23.2 Å². The second-order valence-electron chi connectivity index (χ2n) is 7.78. The minimum Gasteiger partial charge on any atom is -0.444 e. The molecule has 10 heteroatoms. The number of nitriles is 1. The molecule has 0 aromatic carbocycles. The number of carbonyl (C=O) groups is 2. The number of aryl methyl sites for hydroxylation is 1. The monoisotopic (exact) mass is 400 g/mol. The predicted molar refractivity (Wildman–Crippen MR) is 105 cm³/mol. The van der Waals surface area contributed by atoms with E-state index in [4.69, 9.17) is 10.00 Å². The van der Waals surface area contributed by atoms with Crippen molar-refractivity contribution in [1.29, 1.82) is 5.26 Å². The van der Waals surface area contributed by atoms with Crippen LogP contribution in [0.2, 0.25) is 0 Å². The summed E-state index contributed by atoms with van der Waals surface area (Å²) in [6, 6.07) is 3.54. The summed E-state index contributed by atoms with van der Waals surface area (Å²) in [6.45, 7) is 8.12. The van der Waals surface area contributed by atoms with Gasteiger partial charge in [-0.2, -0.15) is 10.4 Å². The van der Waals surface area contributed by atoms with E-state index in [0.29, 0.717) is 16.9 Å². The molecule has 0 bridgehead atoms. The summed E-state index contributed by atoms with van der Waals surface area (Å²) < 4.78 is 6.48. The number of anilines is 2. The first kappa shape index (κ1) is 21.8. The van der Waals surface area contributed by atoms with Crippen LogP contribution in [0.3, 0.4) is 0 Å². The molecular formula is C19H24N6O4. The fourth-order valence-electron chi connectivity index (χ4n) is 2.35. The summed E-state index contributed by atoms with van der Waals surface area (Å²) in [5.74, 6) is -0.666. The molecule has 2 heterocycles. The molecular weight excluding hydrogens is 376 g/mol. The number of pyridine rings is 1. The standard InChI is InChI=1S/C19H24N6O4/c1-12-6-13(8-21-15(12)7-20)23-16(26)19(5,28)11-25-10-14(9-22-25)24-17(27)29-18(2,3)4/h6,8-10,28H,11H2,1-5H3,(H,23,26)(H,24,27)/t19-/m0/s1. The minimum absolute atomic E-state index is 0.155. The van der Waals surface area contributed by atoms with Crippen molar-refractivity contribution >= 4 is 23.4 Å². The highest BCUT2D eigenvalue weighted by Crippen LogP contribution is 2.17. The largest absolute Gasteiger partial charge is 0.444 e. The summed E-state index contributed by atoms with van der Waals surface area (Å²) in [7, 11) is 0. The highest BCUT2D eigenvalue weighted by Gasteiger charge is 2.31. The molecule has 0 fully saturated rings. The Kier molecular flexibility index (Phi) is 6.24. The summed E-state index contributed by atoms with van der Waals surface area (Å²) in [5, 5.41) is 28.6. The number of ether oxygens (including phenoxy) is 1. The average molecular weight is 400 g/mol. The van der Waals surface area contributed by atoms with Crippen molar-refractivity contribution in [3.05, 3.63) is 35.9 Å². The van der Waals surface area contributed by atoms with E-state index in [9.17, 15) is 14.7 Å². The second-order valence-corrected chi connectivity index (χ2v) is 7.78. The summed E-state index contributed by atoms with van der Waals surface area (Å²) in [6.07, 6.45) is 3.56. The number of hydrogen-bond acceptors (Lipinski definition) is 7. The Morgan fingerprint density at radius 1 is 1.24 bits per heavy atom. The van der Waals surface area contributed by atoms with E-state index in [0.717, 1.165) is 0 Å². The topological polar surface area (TPSA) is 142 Å². The van der Waals surface area contributed by atoms with Gasteiger partial charge in [0, 0.05) is 6.20 Å². The van der Waals surface area contributed by atoms with Gasteiger partial charge in [-0.1, -0.05) is 0 Å². The van der Waals surface area contributed by atoms with Crippen LogP contribution in [-0.2, 0) is 16.1 Å². The molecule has 0 aliphatic rings. The fourth-order valence-corrected chi connectivity index (χ4v) is 2.35. The molecule has 0 aliphatic carbocycles. The zero-order valence-electron chi connectivity index (χ0n) is 17.0. The molecule has 154 valence electrons. The van der Waals surface area contributed by atoms with Gasteiger partial charge in [0.25, 0.3) is 5.91 Å². The lowest BCUT2D eigenvalue weighted by atomic mass is 10.1. The van der Waals surface area contributed by atoms with Gasteiger partial charge in [0.1, 0.15) is 17.4 Å². The summed E-state index contributed by atoms with van der Waals surface area (Å²) in [4.78, 5) is 28.2. The van der Waals surface area contributed by atoms with Crippen LogP contribution in [0.25, 0.3) is 0 Å². The van der Waals surface area contributed by atoms with Crippen LogP contribution in [0.1, 0.15) is 39.0 Å². The van der Waals surface area contributed by atoms with Crippen LogP contribution < -0.4 is 10.6 Å². The number of aromatic nitrogens is 3. The maximum absolute atomic E-state index is 12.5. The van der Waals surface area contributed by atoms with Crippen LogP contribution in [0, 0.1) is 18.3 Å². The molecule has 0 saturated carbocycles. The Labute approximate surface area is 168 Å². The molecule has 1 atom stereocenters. The average Bonchev–Trinajstić information content (AvgIpc) is 2.99. The number of aliphatic hydroxyl groups is 1. The molecule has 0 unspecified atom stereocenters. The van der Waals surface area contributed by atoms with Gasteiger partial charge < -0.3 is 15.2 Å². The smallest absolute Gasteiger partial charge is 0.412 e. The number of amides is 2. The van der Waals surface area contributed by atoms with Gasteiger partial charge in [-0.15, -0.1) is 0 Å². The summed E-state index contributed by atoms with van der Waals surface area (Å²) in [5.41, 5.74) is -0.842. The van der Waals surface area contributed by atoms with Gasteiger partial charge in [0.05, 0.1) is 30.3 Å². The first-order valence-corrected chi connectivity index (χ1v) is 8.83. The van der Waals surface area contributed by atoms with Gasteiger partial charge in [-0.05, 0) is 46.2 Å². The van der Waals surface area contributed by atoms with Crippen molar-refractivity contribution in [2.24, 2.45) is 0 Å². The second kappa shape index (κ2) is 8.28. The van der Waals surface area contributed by atoms with E-state index in [-0.39, 0.29) is 12.2 Å². The number of hydrogen-bond donors (Lipinski definition) is 3. The van der Waals surface area contributed by atoms with Gasteiger partial charge in [-0.3, -0.25) is 14.8 Å². The number of carbonyl (C=O) groups excluding carboxylic acids is 2. The van der Waals surface area contributed by atoms with E-state index in [1.165, 1.54) is 30.2 Å². The normalized spacial score (nSPS) is 13.1. The van der Waals surface area contributed by atoms with E-state index in [1.807, 2.05) is 6.07 Å². The van der Waals surface area contributed by atoms with Crippen molar-refractivity contribution in [2.45, 2.75) is 52.4 Å². The van der Waals surface area contributed by atoms with Gasteiger partial charge >= 0.3 is 6.09 Å². The molecule has 2 aromatic heterocycles. The SMILES string of the molecule is Cc1cc(NC(=O)[C@@](C)(O)Cn2cc(NC(=O)OC(C)(C)C)cn2)cnc1C#N. The van der Waals surface area contributed by atoms with Crippen molar-refractivity contribution < 1.29 is 19.4 Å². The Morgan fingerprint density at radius 3 is 2.52 bits per heavy atom. The van der Waals surface area contributed by atoms with Crippen molar-refractivity contribution in [1.82, 2.24) is 14.8 Å². The Bertz CT molecular complexity index is 952. The first-order valence-electron chi connectivity index (χ1n) is 8.83. The molecule has 29 heavy (non-hydrogen) atoms. The van der Waals surface area contributed by atoms with Crippen LogP contribution in [0.5, 0.6) is 0 Å². The Morgan fingerprint density at radius 2 is 1.93 bits per heavy atom. The lowest BCUT2D eigenvalue weighted by molar-refractivity contribution is -0.133. The molecule has 10 nitrogen and oxygen atoms in total. The zero-order chi connectivity index (χ0) is 21.8. The molecule has 0 aliphatic heterocycles. The van der Waals surface area contributed by atoms with Crippen LogP contribution in [0.4, 0.5) is 16.2 Å². The third-order valence-corrected chi connectivity index (χ3v) is 3.68. The van der Waals surface area contributed by atoms with Gasteiger partial charge in [-0.25, -0.2) is 9.78 Å². The van der Waals surface area contributed by atoms with Crippen LogP contribution in [0.15, 0.2) is 24.7 Å². The molecule has 0 spiro atoms. The lowest BCUT2D eigenvalue weighted by Crippen LogP contribution is -2.43. The number of nitrogens with one attached hydrogen (secondary N) is 2.